The molecule has 1 saturated heterocycles. The van der Waals surface area contributed by atoms with E-state index >= 15 is 0 Å². The molecule has 0 bridgehead atoms. The summed E-state index contributed by atoms with van der Waals surface area (Å²) in [6.45, 7) is 5.47. The molecule has 1 aromatic heterocycles. The normalized spacial score (nSPS) is 19.5. The molecular weight excluding hydrogens is 424 g/mol. The van der Waals surface area contributed by atoms with Crippen LogP contribution in [0.1, 0.15) is 85.4 Å². The lowest BCUT2D eigenvalue weighted by atomic mass is 9.75. The first-order chi connectivity index (χ1) is 16.3. The topological polar surface area (TPSA) is 66.4 Å². The van der Waals surface area contributed by atoms with Crippen molar-refractivity contribution in [1.82, 2.24) is 19.8 Å². The van der Waals surface area contributed by atoms with E-state index in [1.54, 1.807) is 25.1 Å². The third-order valence-corrected chi connectivity index (χ3v) is 7.74. The highest BCUT2D eigenvalue weighted by atomic mass is 16.2. The second kappa shape index (κ2) is 10.2. The summed E-state index contributed by atoms with van der Waals surface area (Å²) >= 11 is 0. The van der Waals surface area contributed by atoms with Gasteiger partial charge in [0.1, 0.15) is 11.5 Å². The van der Waals surface area contributed by atoms with Crippen LogP contribution in [-0.4, -0.2) is 58.8 Å². The number of rotatable bonds is 5. The smallest absolute Gasteiger partial charge is 0.272 e. The Hall–Kier alpha value is -2.76. The van der Waals surface area contributed by atoms with Crippen LogP contribution in [0.15, 0.2) is 36.4 Å². The fourth-order valence-corrected chi connectivity index (χ4v) is 5.56. The predicted molar refractivity (Wildman–Crippen MR) is 134 cm³/mol. The Kier molecular flexibility index (Phi) is 7.34. The van der Waals surface area contributed by atoms with Crippen LogP contribution in [0.2, 0.25) is 0 Å². The maximum atomic E-state index is 13.9. The van der Waals surface area contributed by atoms with Crippen LogP contribution in [0, 0.1) is 12.8 Å². The SMILES string of the molecule is Cc1cc(C(=O)N(C)C)nc(C2(C)CCN(C(=O)C(c3ccccc3)C3CCCCC3)CC2)n1. The van der Waals surface area contributed by atoms with Crippen LogP contribution >= 0.6 is 0 Å². The third-order valence-electron chi connectivity index (χ3n) is 7.74. The minimum absolute atomic E-state index is 0.0506. The van der Waals surface area contributed by atoms with Gasteiger partial charge in [-0.15, -0.1) is 0 Å². The van der Waals surface area contributed by atoms with Crippen LogP contribution in [0.5, 0.6) is 0 Å². The van der Waals surface area contributed by atoms with Gasteiger partial charge in [0.25, 0.3) is 5.91 Å². The first-order valence-corrected chi connectivity index (χ1v) is 12.7. The van der Waals surface area contributed by atoms with Gasteiger partial charge in [0.2, 0.25) is 5.91 Å². The van der Waals surface area contributed by atoms with Gasteiger partial charge in [0, 0.05) is 38.3 Å². The summed E-state index contributed by atoms with van der Waals surface area (Å²) < 4.78 is 0. The second-order valence-electron chi connectivity index (χ2n) is 10.6. The van der Waals surface area contributed by atoms with Crippen molar-refractivity contribution >= 4 is 11.8 Å². The first kappa shape index (κ1) is 24.4. The number of carbonyl (C=O) groups is 2. The van der Waals surface area contributed by atoms with E-state index in [0.29, 0.717) is 24.7 Å². The summed E-state index contributed by atoms with van der Waals surface area (Å²) in [4.78, 5) is 39.4. The van der Waals surface area contributed by atoms with Crippen LogP contribution in [-0.2, 0) is 10.2 Å². The molecule has 0 N–H and O–H groups in total. The highest BCUT2D eigenvalue weighted by Crippen LogP contribution is 2.39. The number of nitrogens with zero attached hydrogens (tertiary/aromatic N) is 4. The van der Waals surface area contributed by atoms with Gasteiger partial charge in [-0.2, -0.15) is 0 Å². The van der Waals surface area contributed by atoms with Crippen LogP contribution < -0.4 is 0 Å². The zero-order valence-corrected chi connectivity index (χ0v) is 21.1. The Labute approximate surface area is 203 Å². The molecule has 1 unspecified atom stereocenters. The quantitative estimate of drug-likeness (QED) is 0.644. The number of hydrogen-bond donors (Lipinski definition) is 0. The van der Waals surface area contributed by atoms with E-state index in [4.69, 9.17) is 4.98 Å². The molecule has 1 aliphatic heterocycles. The molecule has 34 heavy (non-hydrogen) atoms. The molecule has 6 nitrogen and oxygen atoms in total. The molecule has 6 heteroatoms. The lowest BCUT2D eigenvalue weighted by Crippen LogP contribution is -2.47. The highest BCUT2D eigenvalue weighted by molar-refractivity contribution is 5.92. The van der Waals surface area contributed by atoms with Gasteiger partial charge in [-0.25, -0.2) is 9.97 Å². The van der Waals surface area contributed by atoms with E-state index in [2.05, 4.69) is 28.9 Å². The zero-order chi connectivity index (χ0) is 24.3. The molecular formula is C28H38N4O2. The molecule has 2 heterocycles. The summed E-state index contributed by atoms with van der Waals surface area (Å²) in [6, 6.07) is 12.1. The molecule has 182 valence electrons. The van der Waals surface area contributed by atoms with Gasteiger partial charge in [-0.3, -0.25) is 9.59 Å². The average Bonchev–Trinajstić information content (AvgIpc) is 2.85. The summed E-state index contributed by atoms with van der Waals surface area (Å²) in [7, 11) is 3.47. The summed E-state index contributed by atoms with van der Waals surface area (Å²) in [5.74, 6) is 1.26. The number of amides is 2. The molecule has 0 spiro atoms. The number of carbonyl (C=O) groups excluding carboxylic acids is 2. The number of piperidine rings is 1. The zero-order valence-electron chi connectivity index (χ0n) is 21.1. The van der Waals surface area contributed by atoms with E-state index in [-0.39, 0.29) is 23.1 Å². The number of aryl methyl sites for hydroxylation is 1. The van der Waals surface area contributed by atoms with Crippen molar-refractivity contribution in [3.05, 3.63) is 59.2 Å². The summed E-state index contributed by atoms with van der Waals surface area (Å²) in [5.41, 5.74) is 2.14. The molecule has 1 aromatic carbocycles. The third kappa shape index (κ3) is 5.16. The van der Waals surface area contributed by atoms with Crippen molar-refractivity contribution in [3.8, 4) is 0 Å². The summed E-state index contributed by atoms with van der Waals surface area (Å²) in [6.07, 6.45) is 7.58. The Morgan fingerprint density at radius 2 is 1.68 bits per heavy atom. The van der Waals surface area contributed by atoms with Crippen molar-refractivity contribution in [2.75, 3.05) is 27.2 Å². The van der Waals surface area contributed by atoms with Crippen molar-refractivity contribution in [2.45, 2.75) is 70.1 Å². The highest BCUT2D eigenvalue weighted by Gasteiger charge is 2.40. The summed E-state index contributed by atoms with van der Waals surface area (Å²) in [5, 5.41) is 0. The largest absolute Gasteiger partial charge is 0.343 e. The van der Waals surface area contributed by atoms with Crippen LogP contribution in [0.25, 0.3) is 0 Å². The van der Waals surface area contributed by atoms with Crippen molar-refractivity contribution in [1.29, 1.82) is 0 Å². The van der Waals surface area contributed by atoms with Crippen LogP contribution in [0.3, 0.4) is 0 Å². The van der Waals surface area contributed by atoms with Gasteiger partial charge < -0.3 is 9.80 Å². The lowest BCUT2D eigenvalue weighted by molar-refractivity contribution is -0.136. The first-order valence-electron chi connectivity index (χ1n) is 12.7. The van der Waals surface area contributed by atoms with Gasteiger partial charge in [-0.1, -0.05) is 56.5 Å². The minimum atomic E-state index is -0.253. The average molecular weight is 463 g/mol. The number of likely N-dealkylation sites (tertiary alicyclic amines) is 1. The lowest BCUT2D eigenvalue weighted by Gasteiger charge is -2.41. The monoisotopic (exact) mass is 462 g/mol. The Morgan fingerprint density at radius 1 is 1.03 bits per heavy atom. The minimum Gasteiger partial charge on any atom is -0.343 e. The molecule has 2 amide bonds. The fraction of sp³-hybridized carbons (Fsp3) is 0.571. The Morgan fingerprint density at radius 3 is 2.29 bits per heavy atom. The van der Waals surface area contributed by atoms with Crippen LogP contribution in [0.4, 0.5) is 0 Å². The molecule has 0 radical (unpaired) electrons. The van der Waals surface area contributed by atoms with Gasteiger partial charge in [-0.05, 0) is 50.2 Å². The standard InChI is InChI=1S/C28H38N4O2/c1-20-19-23(25(33)31(3)4)30-27(29-20)28(2)15-17-32(18-16-28)26(34)24(21-11-7-5-8-12-21)22-13-9-6-10-14-22/h5,7-8,11-12,19,22,24H,6,9-10,13-18H2,1-4H3. The van der Waals surface area contributed by atoms with Crippen molar-refractivity contribution < 1.29 is 9.59 Å². The Bertz CT molecular complexity index is 1010. The second-order valence-corrected chi connectivity index (χ2v) is 10.6. The maximum absolute atomic E-state index is 13.9. The fourth-order valence-electron chi connectivity index (χ4n) is 5.56. The molecule has 1 saturated carbocycles. The predicted octanol–water partition coefficient (Wildman–Crippen LogP) is 4.73. The van der Waals surface area contributed by atoms with Gasteiger partial charge >= 0.3 is 0 Å². The Balaban J connectivity index is 1.52. The molecule has 2 aliphatic rings. The van der Waals surface area contributed by atoms with Gasteiger partial charge in [0.15, 0.2) is 0 Å². The molecule has 2 aromatic rings. The van der Waals surface area contributed by atoms with Gasteiger partial charge in [0.05, 0.1) is 5.92 Å². The molecule has 1 aliphatic carbocycles. The number of aromatic nitrogens is 2. The van der Waals surface area contributed by atoms with Crippen molar-refractivity contribution in [2.24, 2.45) is 5.92 Å². The van der Waals surface area contributed by atoms with E-state index in [1.165, 1.54) is 19.3 Å². The maximum Gasteiger partial charge on any atom is 0.272 e. The van der Waals surface area contributed by atoms with E-state index < -0.39 is 0 Å². The molecule has 1 atom stereocenters. The number of benzene rings is 1. The van der Waals surface area contributed by atoms with Crippen molar-refractivity contribution in [3.63, 3.8) is 0 Å². The van der Waals surface area contributed by atoms with E-state index in [0.717, 1.165) is 42.8 Å². The van der Waals surface area contributed by atoms with E-state index in [1.807, 2.05) is 25.1 Å². The molecule has 4 rings (SSSR count). The molecule has 2 fully saturated rings. The number of hydrogen-bond acceptors (Lipinski definition) is 4. The van der Waals surface area contributed by atoms with E-state index in [9.17, 15) is 9.59 Å².